The summed E-state index contributed by atoms with van der Waals surface area (Å²) in [5.41, 5.74) is 4.06. The largest absolute Gasteiger partial charge is 0.395 e. The van der Waals surface area contributed by atoms with Crippen molar-refractivity contribution >= 4 is 46.0 Å². The van der Waals surface area contributed by atoms with Gasteiger partial charge in [0.1, 0.15) is 0 Å². The predicted molar refractivity (Wildman–Crippen MR) is 171 cm³/mol. The average Bonchev–Trinajstić information content (AvgIpc) is 3.74. The molecular weight excluding hydrogens is 599 g/mol. The molecule has 44 heavy (non-hydrogen) atoms. The van der Waals surface area contributed by atoms with Gasteiger partial charge in [-0.05, 0) is 35.4 Å². The Hall–Kier alpha value is -4.04. The molecule has 3 amide bonds. The zero-order chi connectivity index (χ0) is 30.9. The lowest BCUT2D eigenvalue weighted by molar-refractivity contribution is -0.130. The monoisotopic (exact) mass is 633 g/mol. The van der Waals surface area contributed by atoms with Crippen molar-refractivity contribution in [3.8, 4) is 0 Å². The molecule has 0 bridgehead atoms. The van der Waals surface area contributed by atoms with E-state index in [1.165, 1.54) is 11.3 Å². The Kier molecular flexibility index (Phi) is 10.8. The second-order valence-corrected chi connectivity index (χ2v) is 12.8. The van der Waals surface area contributed by atoms with Gasteiger partial charge < -0.3 is 25.2 Å². The summed E-state index contributed by atoms with van der Waals surface area (Å²) in [6.45, 7) is 4.29. The van der Waals surface area contributed by atoms with Crippen molar-refractivity contribution < 1.29 is 19.5 Å². The number of hydrogen-bond donors (Lipinski definition) is 4. The van der Waals surface area contributed by atoms with E-state index in [0.29, 0.717) is 61.2 Å². The number of thioether (sulfide) groups is 1. The maximum Gasteiger partial charge on any atom is 0.257 e. The van der Waals surface area contributed by atoms with Crippen LogP contribution in [0.5, 0.6) is 0 Å². The van der Waals surface area contributed by atoms with Crippen molar-refractivity contribution in [3.05, 3.63) is 95.2 Å². The van der Waals surface area contributed by atoms with Gasteiger partial charge in [-0.1, -0.05) is 35.6 Å². The molecule has 1 aliphatic rings. The van der Waals surface area contributed by atoms with Crippen molar-refractivity contribution in [3.63, 3.8) is 0 Å². The molecule has 5 rings (SSSR count). The maximum absolute atomic E-state index is 13.0. The summed E-state index contributed by atoms with van der Waals surface area (Å²) in [4.78, 5) is 52.5. The first-order chi connectivity index (χ1) is 21.4. The van der Waals surface area contributed by atoms with Gasteiger partial charge in [0.05, 0.1) is 29.0 Å². The van der Waals surface area contributed by atoms with Crippen molar-refractivity contribution in [1.82, 2.24) is 30.1 Å². The first-order valence-corrected chi connectivity index (χ1v) is 16.1. The lowest BCUT2D eigenvalue weighted by atomic mass is 10.1. The molecule has 1 fully saturated rings. The van der Waals surface area contributed by atoms with E-state index in [4.69, 9.17) is 0 Å². The van der Waals surface area contributed by atoms with Gasteiger partial charge >= 0.3 is 0 Å². The fourth-order valence-electron chi connectivity index (χ4n) is 4.80. The van der Waals surface area contributed by atoms with Crippen LogP contribution < -0.4 is 10.6 Å². The first kappa shape index (κ1) is 31.4. The molecule has 11 nitrogen and oxygen atoms in total. The normalized spacial score (nSPS) is 14.0. The molecular formula is C31H35N7O4S2. The van der Waals surface area contributed by atoms with E-state index in [1.54, 1.807) is 53.1 Å². The van der Waals surface area contributed by atoms with Crippen LogP contribution in [0, 0.1) is 0 Å². The highest BCUT2D eigenvalue weighted by Gasteiger charge is 2.23. The molecule has 0 unspecified atom stereocenters. The number of nitrogens with zero attached hydrogens (tertiary/aromatic N) is 4. The molecule has 4 N–H and O–H groups in total. The summed E-state index contributed by atoms with van der Waals surface area (Å²) in [7, 11) is 0. The molecule has 0 radical (unpaired) electrons. The van der Waals surface area contributed by atoms with E-state index in [9.17, 15) is 19.5 Å². The molecule has 0 spiro atoms. The molecule has 1 atom stereocenters. The summed E-state index contributed by atoms with van der Waals surface area (Å²) >= 11 is 2.99. The molecule has 4 aromatic rings. The molecule has 0 aliphatic carbocycles. The Labute approximate surface area is 264 Å². The van der Waals surface area contributed by atoms with Gasteiger partial charge in [0, 0.05) is 75.2 Å². The van der Waals surface area contributed by atoms with Gasteiger partial charge in [0.15, 0.2) is 5.13 Å². The molecule has 1 saturated heterocycles. The fourth-order valence-corrected chi connectivity index (χ4v) is 6.61. The SMILES string of the molecule is CC(=O)N1CCN(C(=O)c2cccc(CSc3cnc(NC(=O)c4ccc(CN[C@H](CO)Cc5c[nH]cn5)cc4)s3)c2)CC1. The minimum atomic E-state index is -0.238. The number of aliphatic hydroxyl groups is 1. The second kappa shape index (κ2) is 15.1. The highest BCUT2D eigenvalue weighted by molar-refractivity contribution is 8.00. The number of H-pyrrole nitrogens is 1. The summed E-state index contributed by atoms with van der Waals surface area (Å²) in [5.74, 6) is 0.434. The van der Waals surface area contributed by atoms with E-state index in [1.807, 2.05) is 42.6 Å². The number of aliphatic hydroxyl groups excluding tert-OH is 1. The maximum atomic E-state index is 13.0. The van der Waals surface area contributed by atoms with Crippen LogP contribution in [0.15, 0.2) is 71.5 Å². The number of piperazine rings is 1. The molecule has 2 aromatic carbocycles. The summed E-state index contributed by atoms with van der Waals surface area (Å²) in [6, 6.07) is 14.8. The van der Waals surface area contributed by atoms with Crippen LogP contribution in [0.4, 0.5) is 5.13 Å². The highest BCUT2D eigenvalue weighted by atomic mass is 32.2. The molecule has 1 aliphatic heterocycles. The molecule has 13 heteroatoms. The number of benzene rings is 2. The molecule has 2 aromatic heterocycles. The number of carbonyl (C=O) groups excluding carboxylic acids is 3. The minimum Gasteiger partial charge on any atom is -0.395 e. The third-order valence-electron chi connectivity index (χ3n) is 7.31. The first-order valence-electron chi connectivity index (χ1n) is 14.3. The topological polar surface area (TPSA) is 144 Å². The Morgan fingerprint density at radius 1 is 1.02 bits per heavy atom. The number of amides is 3. The fraction of sp³-hybridized carbons (Fsp3) is 0.323. The Morgan fingerprint density at radius 3 is 2.50 bits per heavy atom. The number of nitrogens with one attached hydrogen (secondary N) is 3. The molecule has 0 saturated carbocycles. The van der Waals surface area contributed by atoms with Gasteiger partial charge in [-0.15, -0.1) is 11.8 Å². The van der Waals surface area contributed by atoms with E-state index in [0.717, 1.165) is 21.0 Å². The number of imidazole rings is 1. The quantitative estimate of drug-likeness (QED) is 0.174. The lowest BCUT2D eigenvalue weighted by Gasteiger charge is -2.34. The highest BCUT2D eigenvalue weighted by Crippen LogP contribution is 2.31. The number of aromatic nitrogens is 3. The number of aromatic amines is 1. The molecule has 230 valence electrons. The van der Waals surface area contributed by atoms with Crippen LogP contribution in [0.25, 0.3) is 0 Å². The Morgan fingerprint density at radius 2 is 1.80 bits per heavy atom. The van der Waals surface area contributed by atoms with E-state index in [2.05, 4.69) is 25.6 Å². The Balaban J connectivity index is 1.08. The zero-order valence-corrected chi connectivity index (χ0v) is 26.0. The number of hydrogen-bond acceptors (Lipinski definition) is 9. The van der Waals surface area contributed by atoms with Gasteiger partial charge in [0.2, 0.25) is 5.91 Å². The third-order valence-corrected chi connectivity index (χ3v) is 9.49. The number of carbonyl (C=O) groups is 3. The number of anilines is 1. The van der Waals surface area contributed by atoms with Crippen LogP contribution in [0.2, 0.25) is 0 Å². The van der Waals surface area contributed by atoms with Crippen molar-refractivity contribution in [2.75, 3.05) is 38.1 Å². The van der Waals surface area contributed by atoms with E-state index >= 15 is 0 Å². The summed E-state index contributed by atoms with van der Waals surface area (Å²) in [5, 5.41) is 16.4. The number of thiazole rings is 1. The van der Waals surface area contributed by atoms with Crippen LogP contribution >= 0.6 is 23.1 Å². The van der Waals surface area contributed by atoms with Crippen LogP contribution in [0.1, 0.15) is 44.5 Å². The minimum absolute atomic E-state index is 0.00465. The smallest absolute Gasteiger partial charge is 0.257 e. The van der Waals surface area contributed by atoms with Crippen LogP contribution in [-0.4, -0.2) is 86.4 Å². The number of rotatable bonds is 12. The predicted octanol–water partition coefficient (Wildman–Crippen LogP) is 3.41. The zero-order valence-electron chi connectivity index (χ0n) is 24.4. The van der Waals surface area contributed by atoms with Crippen molar-refractivity contribution in [1.29, 1.82) is 0 Å². The summed E-state index contributed by atoms with van der Waals surface area (Å²) < 4.78 is 0.951. The van der Waals surface area contributed by atoms with Crippen LogP contribution in [0.3, 0.4) is 0 Å². The van der Waals surface area contributed by atoms with Gasteiger partial charge in [0.25, 0.3) is 11.8 Å². The van der Waals surface area contributed by atoms with Crippen LogP contribution in [-0.2, 0) is 23.5 Å². The van der Waals surface area contributed by atoms with E-state index < -0.39 is 0 Å². The van der Waals surface area contributed by atoms with Crippen molar-refractivity contribution in [2.24, 2.45) is 0 Å². The summed E-state index contributed by atoms with van der Waals surface area (Å²) in [6.07, 6.45) is 5.78. The van der Waals surface area contributed by atoms with Gasteiger partial charge in [-0.3, -0.25) is 19.7 Å². The van der Waals surface area contributed by atoms with Gasteiger partial charge in [-0.2, -0.15) is 0 Å². The Bertz CT molecular complexity index is 1550. The van der Waals surface area contributed by atoms with Crippen molar-refractivity contribution in [2.45, 2.75) is 35.9 Å². The molecule has 3 heterocycles. The standard InChI is InChI=1S/C31H35N7O4S2/c1-21(40)37-9-11-38(12-10-37)30(42)25-4-2-3-23(13-25)19-43-28-17-34-31(44-28)36-29(41)24-7-5-22(6-8-24)15-33-27(18-39)14-26-16-32-20-35-26/h2-8,13,16-17,20,27,33,39H,9-12,14-15,18-19H2,1H3,(H,32,35)(H,34,36,41)/t27-/m0/s1. The van der Waals surface area contributed by atoms with E-state index in [-0.39, 0.29) is 30.4 Å². The second-order valence-electron chi connectivity index (χ2n) is 10.4. The average molecular weight is 634 g/mol. The lowest BCUT2D eigenvalue weighted by Crippen LogP contribution is -2.50. The third kappa shape index (κ3) is 8.53. The van der Waals surface area contributed by atoms with Gasteiger partial charge in [-0.25, -0.2) is 9.97 Å².